The summed E-state index contributed by atoms with van der Waals surface area (Å²) in [5.74, 6) is -0.192. The summed E-state index contributed by atoms with van der Waals surface area (Å²) in [4.78, 5) is 12.0. The molecule has 0 spiro atoms. The summed E-state index contributed by atoms with van der Waals surface area (Å²) < 4.78 is 0.762. The van der Waals surface area contributed by atoms with Gasteiger partial charge in [-0.25, -0.2) is 0 Å². The number of halogens is 2. The first-order valence-electron chi connectivity index (χ1n) is 6.01. The first-order valence-corrected chi connectivity index (χ1v) is 7.18. The van der Waals surface area contributed by atoms with Crippen molar-refractivity contribution in [2.24, 2.45) is 0 Å². The monoisotopic (exact) mass is 353 g/mol. The molecule has 0 bridgehead atoms. The summed E-state index contributed by atoms with van der Waals surface area (Å²) in [6.45, 7) is 0.389. The number of nitrogens with one attached hydrogen (secondary N) is 1. The third-order valence-electron chi connectivity index (χ3n) is 2.75. The lowest BCUT2D eigenvalue weighted by atomic mass is 10.1. The minimum absolute atomic E-state index is 0.0109. The van der Waals surface area contributed by atoms with Crippen LogP contribution in [0.5, 0.6) is 0 Å². The number of hydrogen-bond donors (Lipinski definition) is 2. The normalized spacial score (nSPS) is 10.3. The lowest BCUT2D eigenvalue weighted by Crippen LogP contribution is -2.22. The van der Waals surface area contributed by atoms with E-state index < -0.39 is 0 Å². The van der Waals surface area contributed by atoms with Crippen LogP contribution >= 0.6 is 27.5 Å². The highest BCUT2D eigenvalue weighted by Crippen LogP contribution is 2.19. The third kappa shape index (κ3) is 4.07. The molecule has 0 aliphatic rings. The zero-order valence-corrected chi connectivity index (χ0v) is 12.9. The van der Waals surface area contributed by atoms with Crippen LogP contribution in [0.4, 0.5) is 0 Å². The molecule has 2 N–H and O–H groups in total. The molecule has 3 nitrogen and oxygen atoms in total. The Bertz CT molecular complexity index is 611. The number of rotatable bonds is 4. The standard InChI is InChI=1S/C15H13BrClNO2/c16-13-5-12(6-14(17)7-13)15(20)18-8-10-2-1-3-11(4-10)9-19/h1-7,19H,8-9H2,(H,18,20). The van der Waals surface area contributed by atoms with Gasteiger partial charge in [0.15, 0.2) is 0 Å². The zero-order chi connectivity index (χ0) is 14.5. The molecule has 0 saturated heterocycles. The number of aliphatic hydroxyl groups is 1. The van der Waals surface area contributed by atoms with Crippen LogP contribution in [-0.2, 0) is 13.2 Å². The lowest BCUT2D eigenvalue weighted by Gasteiger charge is -2.07. The molecule has 0 atom stereocenters. The van der Waals surface area contributed by atoms with Gasteiger partial charge in [0.2, 0.25) is 0 Å². The van der Waals surface area contributed by atoms with Gasteiger partial charge in [-0.15, -0.1) is 0 Å². The fourth-order valence-corrected chi connectivity index (χ4v) is 2.67. The van der Waals surface area contributed by atoms with Gasteiger partial charge >= 0.3 is 0 Å². The predicted molar refractivity (Wildman–Crippen MR) is 82.7 cm³/mol. The van der Waals surface area contributed by atoms with Crippen molar-refractivity contribution in [3.05, 3.63) is 68.7 Å². The van der Waals surface area contributed by atoms with Gasteiger partial charge in [-0.2, -0.15) is 0 Å². The van der Waals surface area contributed by atoms with E-state index in [-0.39, 0.29) is 12.5 Å². The van der Waals surface area contributed by atoms with E-state index in [0.29, 0.717) is 17.1 Å². The van der Waals surface area contributed by atoms with Crippen LogP contribution in [0, 0.1) is 0 Å². The molecule has 0 unspecified atom stereocenters. The minimum atomic E-state index is -0.192. The SMILES string of the molecule is O=C(NCc1cccc(CO)c1)c1cc(Cl)cc(Br)c1. The number of aliphatic hydroxyl groups excluding tert-OH is 1. The second kappa shape index (κ2) is 6.88. The topological polar surface area (TPSA) is 49.3 Å². The van der Waals surface area contributed by atoms with Crippen LogP contribution in [0.25, 0.3) is 0 Å². The van der Waals surface area contributed by atoms with E-state index in [2.05, 4.69) is 21.2 Å². The summed E-state index contributed by atoms with van der Waals surface area (Å²) in [7, 11) is 0. The van der Waals surface area contributed by atoms with Crippen molar-refractivity contribution < 1.29 is 9.90 Å². The minimum Gasteiger partial charge on any atom is -0.392 e. The highest BCUT2D eigenvalue weighted by molar-refractivity contribution is 9.10. The van der Waals surface area contributed by atoms with Crippen molar-refractivity contribution in [1.82, 2.24) is 5.32 Å². The summed E-state index contributed by atoms with van der Waals surface area (Å²) in [6.07, 6.45) is 0. The fraction of sp³-hybridized carbons (Fsp3) is 0.133. The third-order valence-corrected chi connectivity index (χ3v) is 3.43. The maximum atomic E-state index is 12.0. The second-order valence-corrected chi connectivity index (χ2v) is 5.67. The molecule has 0 aliphatic heterocycles. The van der Waals surface area contributed by atoms with Gasteiger partial charge < -0.3 is 10.4 Å². The molecule has 0 heterocycles. The van der Waals surface area contributed by atoms with Gasteiger partial charge in [-0.3, -0.25) is 4.79 Å². The molecule has 0 aromatic heterocycles. The van der Waals surface area contributed by atoms with Crippen molar-refractivity contribution in [3.63, 3.8) is 0 Å². The van der Waals surface area contributed by atoms with Gasteiger partial charge in [0.05, 0.1) is 6.61 Å². The Kier molecular flexibility index (Phi) is 5.17. The molecule has 0 aliphatic carbocycles. The Morgan fingerprint density at radius 3 is 2.65 bits per heavy atom. The van der Waals surface area contributed by atoms with Crippen LogP contribution in [0.2, 0.25) is 5.02 Å². The highest BCUT2D eigenvalue weighted by Gasteiger charge is 2.07. The van der Waals surface area contributed by atoms with E-state index in [4.69, 9.17) is 16.7 Å². The molecule has 0 fully saturated rings. The van der Waals surface area contributed by atoms with Crippen LogP contribution in [0.1, 0.15) is 21.5 Å². The molecule has 20 heavy (non-hydrogen) atoms. The summed E-state index contributed by atoms with van der Waals surface area (Å²) in [5.41, 5.74) is 2.26. The average Bonchev–Trinajstić information content (AvgIpc) is 2.44. The quantitative estimate of drug-likeness (QED) is 0.882. The Balaban J connectivity index is 2.04. The summed E-state index contributed by atoms with van der Waals surface area (Å²) in [5, 5.41) is 12.4. The number of amides is 1. The number of hydrogen-bond acceptors (Lipinski definition) is 2. The van der Waals surface area contributed by atoms with Crippen LogP contribution in [-0.4, -0.2) is 11.0 Å². The molecular weight excluding hydrogens is 342 g/mol. The van der Waals surface area contributed by atoms with E-state index >= 15 is 0 Å². The average molecular weight is 355 g/mol. The van der Waals surface area contributed by atoms with Crippen molar-refractivity contribution in [2.75, 3.05) is 0 Å². The Morgan fingerprint density at radius 1 is 1.20 bits per heavy atom. The summed E-state index contributed by atoms with van der Waals surface area (Å²) >= 11 is 9.22. The Morgan fingerprint density at radius 2 is 1.95 bits per heavy atom. The maximum absolute atomic E-state index is 12.0. The molecule has 2 aromatic rings. The Labute approximate surface area is 130 Å². The van der Waals surface area contributed by atoms with E-state index in [1.165, 1.54) is 0 Å². The van der Waals surface area contributed by atoms with Crippen LogP contribution in [0.3, 0.4) is 0 Å². The van der Waals surface area contributed by atoms with Gasteiger partial charge in [0, 0.05) is 21.6 Å². The smallest absolute Gasteiger partial charge is 0.251 e. The zero-order valence-electron chi connectivity index (χ0n) is 10.6. The van der Waals surface area contributed by atoms with Gasteiger partial charge in [-0.05, 0) is 29.3 Å². The highest BCUT2D eigenvalue weighted by atomic mass is 79.9. The van der Waals surface area contributed by atoms with Gasteiger partial charge in [0.1, 0.15) is 0 Å². The van der Waals surface area contributed by atoms with E-state index in [9.17, 15) is 4.79 Å². The Hall–Kier alpha value is -1.36. The predicted octanol–water partition coefficient (Wildman–Crippen LogP) is 3.52. The van der Waals surface area contributed by atoms with Crippen LogP contribution < -0.4 is 5.32 Å². The molecule has 2 rings (SSSR count). The number of benzene rings is 2. The molecule has 5 heteroatoms. The summed E-state index contributed by atoms with van der Waals surface area (Å²) in [6, 6.07) is 12.5. The largest absolute Gasteiger partial charge is 0.392 e. The van der Waals surface area contributed by atoms with Crippen molar-refractivity contribution >= 4 is 33.4 Å². The molecule has 0 saturated carbocycles. The van der Waals surface area contributed by atoms with Crippen molar-refractivity contribution in [1.29, 1.82) is 0 Å². The number of carbonyl (C=O) groups excluding carboxylic acids is 1. The maximum Gasteiger partial charge on any atom is 0.251 e. The van der Waals surface area contributed by atoms with Crippen LogP contribution in [0.15, 0.2) is 46.9 Å². The van der Waals surface area contributed by atoms with Crippen molar-refractivity contribution in [3.8, 4) is 0 Å². The van der Waals surface area contributed by atoms with E-state index in [1.807, 2.05) is 24.3 Å². The molecule has 0 radical (unpaired) electrons. The van der Waals surface area contributed by atoms with E-state index in [0.717, 1.165) is 15.6 Å². The second-order valence-electron chi connectivity index (χ2n) is 4.32. The van der Waals surface area contributed by atoms with Crippen molar-refractivity contribution in [2.45, 2.75) is 13.2 Å². The first-order chi connectivity index (χ1) is 9.58. The van der Waals surface area contributed by atoms with E-state index in [1.54, 1.807) is 18.2 Å². The molecule has 104 valence electrons. The lowest BCUT2D eigenvalue weighted by molar-refractivity contribution is 0.0951. The van der Waals surface area contributed by atoms with Gasteiger partial charge in [0.25, 0.3) is 5.91 Å². The fourth-order valence-electron chi connectivity index (χ4n) is 1.81. The first kappa shape index (κ1) is 15.0. The molecule has 2 aromatic carbocycles. The number of carbonyl (C=O) groups is 1. The molecule has 1 amide bonds. The molecular formula is C15H13BrClNO2. The van der Waals surface area contributed by atoms with Gasteiger partial charge in [-0.1, -0.05) is 51.8 Å².